The molecule has 2 N–H and O–H groups in total. The number of hydrogen-bond acceptors (Lipinski definition) is 6. The molecule has 0 spiro atoms. The van der Waals surface area contributed by atoms with Gasteiger partial charge in [-0.25, -0.2) is 4.79 Å². The molecule has 1 aromatic carbocycles. The van der Waals surface area contributed by atoms with Gasteiger partial charge in [0.1, 0.15) is 12.4 Å². The van der Waals surface area contributed by atoms with Crippen molar-refractivity contribution in [1.29, 1.82) is 0 Å². The molecule has 0 amide bonds. The highest BCUT2D eigenvalue weighted by Gasteiger charge is 2.33. The number of rotatable bonds is 8. The Morgan fingerprint density at radius 1 is 0.939 bits per heavy atom. The Morgan fingerprint density at radius 3 is 1.94 bits per heavy atom. The lowest BCUT2D eigenvalue weighted by molar-refractivity contribution is -0.141. The minimum Gasteiger partial charge on any atom is -0.457 e. The van der Waals surface area contributed by atoms with E-state index in [2.05, 4.69) is 13.5 Å². The molecule has 0 unspecified atom stereocenters. The van der Waals surface area contributed by atoms with Crippen LogP contribution in [0.15, 0.2) is 24.3 Å². The molecule has 0 radical (unpaired) electrons. The fourth-order valence-electron chi connectivity index (χ4n) is 5.34. The van der Waals surface area contributed by atoms with Crippen LogP contribution in [0.3, 0.4) is 0 Å². The van der Waals surface area contributed by atoms with Crippen molar-refractivity contribution in [3.8, 4) is 5.75 Å². The molecule has 0 bridgehead atoms. The fourth-order valence-corrected chi connectivity index (χ4v) is 5.34. The second kappa shape index (κ2) is 11.8. The summed E-state index contributed by atoms with van der Waals surface area (Å²) in [5, 5.41) is 19.6. The van der Waals surface area contributed by atoms with Gasteiger partial charge in [0.15, 0.2) is 0 Å². The first kappa shape index (κ1) is 25.4. The zero-order valence-corrected chi connectivity index (χ0v) is 20.0. The largest absolute Gasteiger partial charge is 0.457 e. The lowest BCUT2D eigenvalue weighted by Gasteiger charge is -2.36. The average Bonchev–Trinajstić information content (AvgIpc) is 2.82. The van der Waals surface area contributed by atoms with Crippen molar-refractivity contribution < 1.29 is 29.3 Å². The third-order valence-corrected chi connectivity index (χ3v) is 7.50. The highest BCUT2D eigenvalue weighted by Crippen LogP contribution is 2.41. The lowest BCUT2D eigenvalue weighted by Crippen LogP contribution is -2.30. The molecular weight excluding hydrogens is 420 g/mol. The van der Waals surface area contributed by atoms with Crippen molar-refractivity contribution >= 4 is 11.9 Å². The number of carbonyl (C=O) groups excluding carboxylic acids is 2. The first-order valence-corrected chi connectivity index (χ1v) is 12.2. The van der Waals surface area contributed by atoms with E-state index in [1.165, 1.54) is 25.7 Å². The van der Waals surface area contributed by atoms with Crippen LogP contribution in [0.25, 0.3) is 0 Å². The van der Waals surface area contributed by atoms with Crippen molar-refractivity contribution in [2.24, 2.45) is 23.7 Å². The van der Waals surface area contributed by atoms with Crippen molar-refractivity contribution in [3.63, 3.8) is 0 Å². The topological polar surface area (TPSA) is 93.1 Å². The summed E-state index contributed by atoms with van der Waals surface area (Å²) >= 11 is 0. The minimum atomic E-state index is -0.545. The zero-order valence-electron chi connectivity index (χ0n) is 20.0. The van der Waals surface area contributed by atoms with Crippen LogP contribution < -0.4 is 4.74 Å². The Morgan fingerprint density at radius 2 is 1.45 bits per heavy atom. The van der Waals surface area contributed by atoms with Gasteiger partial charge < -0.3 is 19.7 Å². The minimum absolute atomic E-state index is 0.102. The maximum atomic E-state index is 12.8. The van der Waals surface area contributed by atoms with Crippen molar-refractivity contribution in [2.75, 3.05) is 0 Å². The summed E-state index contributed by atoms with van der Waals surface area (Å²) in [5.74, 6) is 1.77. The van der Waals surface area contributed by atoms with Crippen molar-refractivity contribution in [3.05, 3.63) is 41.0 Å². The molecule has 2 aliphatic rings. The van der Waals surface area contributed by atoms with Crippen molar-refractivity contribution in [2.45, 2.75) is 85.0 Å². The summed E-state index contributed by atoms with van der Waals surface area (Å²) < 4.78 is 10.9. The average molecular weight is 459 g/mol. The number of benzene rings is 1. The normalized spacial score (nSPS) is 25.3. The molecule has 33 heavy (non-hydrogen) atoms. The highest BCUT2D eigenvalue weighted by atomic mass is 16.5. The van der Waals surface area contributed by atoms with Gasteiger partial charge in [-0.1, -0.05) is 26.3 Å². The second-order valence-corrected chi connectivity index (χ2v) is 9.95. The van der Waals surface area contributed by atoms with E-state index < -0.39 is 5.97 Å². The molecule has 0 aliphatic heterocycles. The van der Waals surface area contributed by atoms with Crippen LogP contribution in [0.1, 0.15) is 81.9 Å². The van der Waals surface area contributed by atoms with Crippen LogP contribution in [-0.4, -0.2) is 22.2 Å². The monoisotopic (exact) mass is 458 g/mol. The Labute approximate surface area is 197 Å². The van der Waals surface area contributed by atoms with E-state index in [9.17, 15) is 19.8 Å². The van der Waals surface area contributed by atoms with Crippen LogP contribution in [0.2, 0.25) is 0 Å². The summed E-state index contributed by atoms with van der Waals surface area (Å²) in [6.07, 6.45) is 9.16. The first-order valence-electron chi connectivity index (χ1n) is 12.2. The predicted molar refractivity (Wildman–Crippen MR) is 125 cm³/mol. The van der Waals surface area contributed by atoms with E-state index in [1.807, 2.05) is 0 Å². The number of aliphatic hydroxyl groups excluding tert-OH is 2. The standard InChI is InChI=1S/C27H38O6/c1-17(2)26(30)32-16-25-22(14-28)12-24(13-23(25)15-29)33-27(31)21-10-8-20(9-11-21)19-6-4-18(3)5-7-19/h12-13,18-21,28-29H,1,4-11,14-16H2,2-3H3. The molecule has 0 saturated heterocycles. The molecule has 6 heteroatoms. The van der Waals surface area contributed by atoms with Gasteiger partial charge in [0, 0.05) is 11.1 Å². The maximum Gasteiger partial charge on any atom is 0.333 e. The SMILES string of the molecule is C=C(C)C(=O)OCc1c(CO)cc(OC(=O)C2CCC(C3CCC(C)CC3)CC2)cc1CO. The summed E-state index contributed by atoms with van der Waals surface area (Å²) in [4.78, 5) is 24.6. The Balaban J connectivity index is 1.60. The van der Waals surface area contributed by atoms with Crippen LogP contribution in [0.5, 0.6) is 5.75 Å². The quantitative estimate of drug-likeness (QED) is 0.329. The number of esters is 2. The van der Waals surface area contributed by atoms with Gasteiger partial charge in [0.2, 0.25) is 0 Å². The second-order valence-electron chi connectivity index (χ2n) is 9.95. The van der Waals surface area contributed by atoms with Gasteiger partial charge in [-0.3, -0.25) is 4.79 Å². The molecule has 1 aromatic rings. The number of hydrogen-bond donors (Lipinski definition) is 2. The smallest absolute Gasteiger partial charge is 0.333 e. The Bertz CT molecular complexity index is 819. The Kier molecular flexibility index (Phi) is 9.10. The van der Waals surface area contributed by atoms with Gasteiger partial charge in [0.25, 0.3) is 0 Å². The van der Waals surface area contributed by atoms with E-state index in [0.29, 0.717) is 22.4 Å². The van der Waals surface area contributed by atoms with Gasteiger partial charge in [-0.15, -0.1) is 0 Å². The predicted octanol–water partition coefficient (Wildman–Crippen LogP) is 4.83. The molecule has 0 atom stereocenters. The third kappa shape index (κ3) is 6.67. The maximum absolute atomic E-state index is 12.8. The highest BCUT2D eigenvalue weighted by molar-refractivity contribution is 5.86. The number of carbonyl (C=O) groups is 2. The van der Waals surface area contributed by atoms with Crippen molar-refractivity contribution in [1.82, 2.24) is 0 Å². The zero-order chi connectivity index (χ0) is 24.0. The molecule has 6 nitrogen and oxygen atoms in total. The van der Waals surface area contributed by atoms with Gasteiger partial charge in [-0.2, -0.15) is 0 Å². The lowest BCUT2D eigenvalue weighted by atomic mass is 9.69. The van der Waals surface area contributed by atoms with E-state index in [1.54, 1.807) is 19.1 Å². The Hall–Kier alpha value is -2.18. The first-order chi connectivity index (χ1) is 15.8. The number of ether oxygens (including phenoxy) is 2. The van der Waals surface area contributed by atoms with Crippen LogP contribution in [0.4, 0.5) is 0 Å². The molecule has 3 rings (SSSR count). The molecule has 0 heterocycles. The van der Waals surface area contributed by atoms with E-state index in [0.717, 1.165) is 43.4 Å². The third-order valence-electron chi connectivity index (χ3n) is 7.50. The molecular formula is C27H38O6. The molecule has 2 saturated carbocycles. The van der Waals surface area contributed by atoms with Crippen LogP contribution in [-0.2, 0) is 34.1 Å². The van der Waals surface area contributed by atoms with Gasteiger partial charge in [-0.05, 0) is 86.5 Å². The molecule has 182 valence electrons. The van der Waals surface area contributed by atoms with E-state index in [4.69, 9.17) is 9.47 Å². The van der Waals surface area contributed by atoms with Crippen LogP contribution >= 0.6 is 0 Å². The molecule has 2 fully saturated rings. The van der Waals surface area contributed by atoms with Crippen LogP contribution in [0, 0.1) is 23.7 Å². The van der Waals surface area contributed by atoms with E-state index in [-0.39, 0.29) is 37.3 Å². The molecule has 0 aromatic heterocycles. The van der Waals surface area contributed by atoms with Gasteiger partial charge >= 0.3 is 11.9 Å². The molecule has 2 aliphatic carbocycles. The summed E-state index contributed by atoms with van der Waals surface area (Å²) in [6.45, 7) is 6.68. The van der Waals surface area contributed by atoms with E-state index >= 15 is 0 Å². The number of aliphatic hydroxyl groups is 2. The summed E-state index contributed by atoms with van der Waals surface area (Å²) in [5.41, 5.74) is 1.68. The fraction of sp³-hybridized carbons (Fsp3) is 0.630. The van der Waals surface area contributed by atoms with Gasteiger partial charge in [0.05, 0.1) is 19.1 Å². The summed E-state index contributed by atoms with van der Waals surface area (Å²) in [7, 11) is 0. The summed E-state index contributed by atoms with van der Waals surface area (Å²) in [6, 6.07) is 3.16.